The maximum absolute atomic E-state index is 14.5. The number of aryl methyl sites for hydroxylation is 1. The summed E-state index contributed by atoms with van der Waals surface area (Å²) in [6.45, 7) is 1.60. The zero-order valence-corrected chi connectivity index (χ0v) is 15.2. The van der Waals surface area contributed by atoms with Crippen molar-refractivity contribution in [3.63, 3.8) is 0 Å². The summed E-state index contributed by atoms with van der Waals surface area (Å²) in [6, 6.07) is 7.07. The highest BCUT2D eigenvalue weighted by Gasteiger charge is 2.24. The Kier molecular flexibility index (Phi) is 5.69. The number of benzene rings is 2. The van der Waals surface area contributed by atoms with Crippen LogP contribution in [0.25, 0.3) is 0 Å². The number of pyridine rings is 1. The Bertz CT molecular complexity index is 1040. The fourth-order valence-electron chi connectivity index (χ4n) is 2.70. The third kappa shape index (κ3) is 4.33. The Balaban J connectivity index is 2.14. The van der Waals surface area contributed by atoms with Crippen molar-refractivity contribution in [3.05, 3.63) is 94.3 Å². The van der Waals surface area contributed by atoms with Gasteiger partial charge in [0.2, 0.25) is 0 Å². The SMILES string of the molecule is Cc1cc(C(=O)O)ncc1C(Sc1cc(F)cc(F)c1)c1cc(F)ccc1F. The summed E-state index contributed by atoms with van der Waals surface area (Å²) < 4.78 is 55.4. The zero-order chi connectivity index (χ0) is 20.4. The molecule has 1 N–H and O–H groups in total. The number of halogens is 4. The number of carboxylic acid groups (broad SMARTS) is 1. The van der Waals surface area contributed by atoms with Gasteiger partial charge in [-0.05, 0) is 54.4 Å². The monoisotopic (exact) mass is 407 g/mol. The molecule has 28 heavy (non-hydrogen) atoms. The molecule has 0 radical (unpaired) electrons. The second-order valence-electron chi connectivity index (χ2n) is 6.00. The molecule has 1 aromatic heterocycles. The van der Waals surface area contributed by atoms with Gasteiger partial charge in [-0.3, -0.25) is 0 Å². The van der Waals surface area contributed by atoms with Gasteiger partial charge in [0.15, 0.2) is 0 Å². The van der Waals surface area contributed by atoms with Gasteiger partial charge in [0.1, 0.15) is 29.0 Å². The molecule has 1 atom stereocenters. The van der Waals surface area contributed by atoms with Gasteiger partial charge < -0.3 is 5.11 Å². The first kappa shape index (κ1) is 19.9. The number of aromatic nitrogens is 1. The molecule has 0 saturated carbocycles. The highest BCUT2D eigenvalue weighted by atomic mass is 32.2. The molecule has 0 spiro atoms. The minimum absolute atomic E-state index is 0.0531. The van der Waals surface area contributed by atoms with Gasteiger partial charge in [0.05, 0.1) is 5.25 Å². The summed E-state index contributed by atoms with van der Waals surface area (Å²) in [5, 5.41) is 8.16. The van der Waals surface area contributed by atoms with E-state index in [2.05, 4.69) is 4.98 Å². The Morgan fingerprint density at radius 3 is 2.25 bits per heavy atom. The molecule has 0 bridgehead atoms. The first-order chi connectivity index (χ1) is 13.2. The van der Waals surface area contributed by atoms with Gasteiger partial charge >= 0.3 is 5.97 Å². The fourth-order valence-corrected chi connectivity index (χ4v) is 4.02. The van der Waals surface area contributed by atoms with Crippen LogP contribution >= 0.6 is 11.8 Å². The first-order valence-electron chi connectivity index (χ1n) is 8.02. The van der Waals surface area contributed by atoms with E-state index in [-0.39, 0.29) is 16.2 Å². The third-order valence-electron chi connectivity index (χ3n) is 3.98. The number of nitrogens with zero attached hydrogens (tertiary/aromatic N) is 1. The van der Waals surface area contributed by atoms with Crippen molar-refractivity contribution in [1.29, 1.82) is 0 Å². The number of rotatable bonds is 5. The number of thioether (sulfide) groups is 1. The van der Waals surface area contributed by atoms with E-state index >= 15 is 0 Å². The molecule has 2 aromatic carbocycles. The molecular weight excluding hydrogens is 394 g/mol. The van der Waals surface area contributed by atoms with E-state index in [1.54, 1.807) is 6.92 Å². The highest BCUT2D eigenvalue weighted by Crippen LogP contribution is 2.43. The van der Waals surface area contributed by atoms with Crippen LogP contribution in [0, 0.1) is 30.2 Å². The minimum atomic E-state index is -1.23. The van der Waals surface area contributed by atoms with Crippen LogP contribution in [0.5, 0.6) is 0 Å². The van der Waals surface area contributed by atoms with Crippen LogP contribution < -0.4 is 0 Å². The number of carbonyl (C=O) groups is 1. The molecule has 0 amide bonds. The van der Waals surface area contributed by atoms with Crippen LogP contribution in [0.15, 0.2) is 53.6 Å². The lowest BCUT2D eigenvalue weighted by Crippen LogP contribution is -2.07. The van der Waals surface area contributed by atoms with Crippen molar-refractivity contribution in [2.75, 3.05) is 0 Å². The van der Waals surface area contributed by atoms with Gasteiger partial charge in [-0.2, -0.15) is 0 Å². The maximum Gasteiger partial charge on any atom is 0.354 e. The molecule has 3 nitrogen and oxygen atoms in total. The maximum atomic E-state index is 14.5. The zero-order valence-electron chi connectivity index (χ0n) is 14.4. The van der Waals surface area contributed by atoms with E-state index in [1.165, 1.54) is 12.3 Å². The van der Waals surface area contributed by atoms with Crippen LogP contribution in [0.2, 0.25) is 0 Å². The third-order valence-corrected chi connectivity index (χ3v) is 5.23. The van der Waals surface area contributed by atoms with Crippen molar-refractivity contribution >= 4 is 17.7 Å². The summed E-state index contributed by atoms with van der Waals surface area (Å²) >= 11 is 0.900. The van der Waals surface area contributed by atoms with Crippen LogP contribution in [0.3, 0.4) is 0 Å². The van der Waals surface area contributed by atoms with Crippen molar-refractivity contribution in [2.45, 2.75) is 17.1 Å². The van der Waals surface area contributed by atoms with Gasteiger partial charge in [0, 0.05) is 22.7 Å². The Labute approximate surface area is 162 Å². The largest absolute Gasteiger partial charge is 0.477 e. The Morgan fingerprint density at radius 1 is 0.964 bits per heavy atom. The summed E-state index contributed by atoms with van der Waals surface area (Å²) in [4.78, 5) is 15.1. The van der Waals surface area contributed by atoms with Gasteiger partial charge in [-0.15, -0.1) is 11.8 Å². The van der Waals surface area contributed by atoms with Gasteiger partial charge in [-0.25, -0.2) is 27.3 Å². The summed E-state index contributed by atoms with van der Waals surface area (Å²) in [7, 11) is 0. The predicted molar refractivity (Wildman–Crippen MR) is 96.3 cm³/mol. The molecular formula is C20H13F4NO2S. The van der Waals surface area contributed by atoms with Crippen molar-refractivity contribution in [3.8, 4) is 0 Å². The molecule has 3 rings (SSSR count). The van der Waals surface area contributed by atoms with Crippen LogP contribution in [-0.2, 0) is 0 Å². The average molecular weight is 407 g/mol. The lowest BCUT2D eigenvalue weighted by molar-refractivity contribution is 0.0690. The van der Waals surface area contributed by atoms with Crippen molar-refractivity contribution in [2.24, 2.45) is 0 Å². The number of carboxylic acids is 1. The van der Waals surface area contributed by atoms with Crippen LogP contribution in [-0.4, -0.2) is 16.1 Å². The predicted octanol–water partition coefficient (Wildman–Crippen LogP) is 5.53. The molecule has 0 aliphatic rings. The average Bonchev–Trinajstić information content (AvgIpc) is 2.61. The van der Waals surface area contributed by atoms with Crippen LogP contribution in [0.4, 0.5) is 17.6 Å². The second-order valence-corrected chi connectivity index (χ2v) is 7.18. The summed E-state index contributed by atoms with van der Waals surface area (Å²) in [5.41, 5.74) is 0.596. The van der Waals surface area contributed by atoms with Crippen molar-refractivity contribution < 1.29 is 27.5 Å². The van der Waals surface area contributed by atoms with E-state index in [0.29, 0.717) is 17.2 Å². The van der Waals surface area contributed by atoms with E-state index in [4.69, 9.17) is 5.11 Å². The van der Waals surface area contributed by atoms with Crippen LogP contribution in [0.1, 0.15) is 32.4 Å². The topological polar surface area (TPSA) is 50.2 Å². The van der Waals surface area contributed by atoms with Gasteiger partial charge in [-0.1, -0.05) is 0 Å². The molecule has 3 aromatic rings. The number of aromatic carboxylic acids is 1. The second kappa shape index (κ2) is 8.02. The highest BCUT2D eigenvalue weighted by molar-refractivity contribution is 7.99. The van der Waals surface area contributed by atoms with E-state index in [9.17, 15) is 22.4 Å². The molecule has 0 aliphatic carbocycles. The number of hydrogen-bond donors (Lipinski definition) is 1. The van der Waals surface area contributed by atoms with Gasteiger partial charge in [0.25, 0.3) is 0 Å². The Hall–Kier alpha value is -2.87. The number of hydrogen-bond acceptors (Lipinski definition) is 3. The minimum Gasteiger partial charge on any atom is -0.477 e. The lowest BCUT2D eigenvalue weighted by Gasteiger charge is -2.20. The normalized spacial score (nSPS) is 12.0. The molecule has 0 saturated heterocycles. The lowest BCUT2D eigenvalue weighted by atomic mass is 10.0. The smallest absolute Gasteiger partial charge is 0.354 e. The molecule has 8 heteroatoms. The standard InChI is InChI=1S/C20H13F4NO2S/c1-10-4-18(20(26)27)25-9-16(10)19(15-8-11(21)2-3-17(15)24)28-14-6-12(22)5-13(23)7-14/h2-9,19H,1H3,(H,26,27). The van der Waals surface area contributed by atoms with Crippen molar-refractivity contribution in [1.82, 2.24) is 4.98 Å². The summed E-state index contributed by atoms with van der Waals surface area (Å²) in [6.07, 6.45) is 1.25. The first-order valence-corrected chi connectivity index (χ1v) is 8.90. The van der Waals surface area contributed by atoms with E-state index in [0.717, 1.165) is 42.1 Å². The molecule has 1 heterocycles. The van der Waals surface area contributed by atoms with E-state index in [1.807, 2.05) is 0 Å². The van der Waals surface area contributed by atoms with E-state index < -0.39 is 34.5 Å². The fraction of sp³-hybridized carbons (Fsp3) is 0.100. The summed E-state index contributed by atoms with van der Waals surface area (Å²) in [5.74, 6) is -4.24. The molecule has 0 aliphatic heterocycles. The molecule has 1 unspecified atom stereocenters. The molecule has 0 fully saturated rings. The Morgan fingerprint density at radius 2 is 1.64 bits per heavy atom. The molecule has 144 valence electrons. The quantitative estimate of drug-likeness (QED) is 0.447.